The minimum atomic E-state index is -1.02. The van der Waals surface area contributed by atoms with Gasteiger partial charge in [0.1, 0.15) is 19.8 Å². The molecule has 0 aliphatic heterocycles. The number of unbranched alkanes of at least 4 members (excludes halogenated alkanes) is 6. The van der Waals surface area contributed by atoms with Crippen LogP contribution in [0, 0.1) is 41.5 Å². The number of nitrogens with one attached hydrogen (secondary N) is 2. The molecule has 5 rings (SSSR count). The molecule has 0 aromatic heterocycles. The van der Waals surface area contributed by atoms with Crippen molar-refractivity contribution >= 4 is 58.3 Å². The zero-order chi connectivity index (χ0) is 61.4. The smallest absolute Gasteiger partial charge is 0.407 e. The maximum absolute atomic E-state index is 14.0. The summed E-state index contributed by atoms with van der Waals surface area (Å²) >= 11 is 0. The zero-order valence-electron chi connectivity index (χ0n) is 50.6. The summed E-state index contributed by atoms with van der Waals surface area (Å²) in [4.78, 5) is 65.3. The average Bonchev–Trinajstić information content (AvgIpc) is 3.57. The number of carbonyl (C=O) groups is 5. The van der Waals surface area contributed by atoms with Crippen molar-refractivity contribution in [1.29, 1.82) is 0 Å². The predicted octanol–water partition coefficient (Wildman–Crippen LogP) is 11.5. The van der Waals surface area contributed by atoms with Gasteiger partial charge in [0, 0.05) is 70.9 Å². The summed E-state index contributed by atoms with van der Waals surface area (Å²) in [6.07, 6.45) is 18.0. The van der Waals surface area contributed by atoms with Gasteiger partial charge in [-0.2, -0.15) is 4.58 Å². The van der Waals surface area contributed by atoms with Gasteiger partial charge in [-0.05, 0) is 153 Å². The molecule has 2 unspecified atom stereocenters. The largest absolute Gasteiger partial charge is 0.871 e. The van der Waals surface area contributed by atoms with E-state index in [1.807, 2.05) is 48.6 Å². The van der Waals surface area contributed by atoms with Gasteiger partial charge in [0.05, 0.1) is 50.7 Å². The van der Waals surface area contributed by atoms with E-state index >= 15 is 0 Å². The van der Waals surface area contributed by atoms with E-state index in [1.54, 1.807) is 26.0 Å². The maximum atomic E-state index is 14.0. The van der Waals surface area contributed by atoms with Crippen LogP contribution in [0.1, 0.15) is 104 Å². The molecule has 0 fully saturated rings. The minimum absolute atomic E-state index is 0.0757. The van der Waals surface area contributed by atoms with Gasteiger partial charge in [-0.3, -0.25) is 4.79 Å². The molecular formula is C68H86N4O12. The first-order chi connectivity index (χ1) is 40.2. The van der Waals surface area contributed by atoms with Crippen LogP contribution in [0.4, 0.5) is 26.7 Å². The molecule has 0 saturated carbocycles. The van der Waals surface area contributed by atoms with Gasteiger partial charge in [0.2, 0.25) is 11.4 Å². The van der Waals surface area contributed by atoms with Gasteiger partial charge in [-0.25, -0.2) is 19.2 Å². The molecule has 2 aliphatic carbocycles. The summed E-state index contributed by atoms with van der Waals surface area (Å²) < 4.78 is 34.8. The van der Waals surface area contributed by atoms with Crippen LogP contribution >= 0.6 is 0 Å². The van der Waals surface area contributed by atoms with Crippen LogP contribution in [-0.4, -0.2) is 117 Å². The lowest BCUT2D eigenvalue weighted by Gasteiger charge is -2.33. The number of benzene rings is 3. The Hall–Kier alpha value is -8.08. The zero-order valence-corrected chi connectivity index (χ0v) is 50.6. The van der Waals surface area contributed by atoms with E-state index in [0.29, 0.717) is 37.1 Å². The number of anilines is 2. The van der Waals surface area contributed by atoms with Gasteiger partial charge in [0.15, 0.2) is 5.78 Å². The summed E-state index contributed by atoms with van der Waals surface area (Å²) in [5, 5.41) is 19.5. The van der Waals surface area contributed by atoms with Crippen LogP contribution in [0.25, 0.3) is 5.57 Å². The number of Topliss-reactive ketones (excluding diaryl/α,β-unsaturated/α-hetero) is 1. The summed E-state index contributed by atoms with van der Waals surface area (Å²) in [6, 6.07) is 16.3. The Bertz CT molecular complexity index is 2990. The third-order valence-electron chi connectivity index (χ3n) is 14.2. The highest BCUT2D eigenvalue weighted by Gasteiger charge is 2.33. The Morgan fingerprint density at radius 1 is 0.595 bits per heavy atom. The van der Waals surface area contributed by atoms with Crippen molar-refractivity contribution in [3.63, 3.8) is 0 Å². The molecule has 0 spiro atoms. The molecule has 16 nitrogen and oxygen atoms in total. The first kappa shape index (κ1) is 66.7. The Balaban J connectivity index is 1.22. The van der Waals surface area contributed by atoms with Gasteiger partial charge in [-0.15, -0.1) is 13.2 Å². The Morgan fingerprint density at radius 2 is 1.06 bits per heavy atom. The fourth-order valence-electron chi connectivity index (χ4n) is 10.4. The molecule has 450 valence electrons. The van der Waals surface area contributed by atoms with Gasteiger partial charge >= 0.3 is 24.1 Å². The number of aryl methyl sites for hydroxylation is 6. The molecule has 2 aliphatic rings. The molecule has 3 aromatic carbocycles. The number of ether oxygens (including phenoxy) is 6. The molecule has 2 amide bonds. The molecule has 0 heterocycles. The number of rotatable bonds is 34. The van der Waals surface area contributed by atoms with Crippen molar-refractivity contribution in [2.75, 3.05) is 70.8 Å². The van der Waals surface area contributed by atoms with Gasteiger partial charge < -0.3 is 49.1 Å². The van der Waals surface area contributed by atoms with E-state index < -0.39 is 35.2 Å². The van der Waals surface area contributed by atoms with Crippen molar-refractivity contribution in [1.82, 2.24) is 10.6 Å². The van der Waals surface area contributed by atoms with Crippen LogP contribution in [-0.2, 0) is 42.8 Å². The highest BCUT2D eigenvalue weighted by atomic mass is 16.6. The summed E-state index contributed by atoms with van der Waals surface area (Å²) in [7, 11) is 0. The number of alkyl carbamates (subject to hydrolysis) is 2. The highest BCUT2D eigenvalue weighted by Crippen LogP contribution is 2.40. The van der Waals surface area contributed by atoms with E-state index in [1.165, 1.54) is 11.1 Å². The number of esters is 2. The summed E-state index contributed by atoms with van der Waals surface area (Å²) in [5.74, 6) is -1.79. The fourth-order valence-corrected chi connectivity index (χ4v) is 10.4. The van der Waals surface area contributed by atoms with Crippen molar-refractivity contribution < 1.29 is 62.1 Å². The van der Waals surface area contributed by atoms with Crippen LogP contribution < -0.4 is 20.6 Å². The standard InChI is InChI=1S/C68H86N4O12/c1-13-35-79-43-67(11,45-83-57(73)15-3)69-65(77)81-37-23-19-17-21-33-71(61-49(7)39-47(5)40-50(61)8)55-29-25-53(26-30-55)59-63(75)60(64(59)76)54-27-31-56(32-28-54)72(62-51(9)41-48(6)42-52(62)10)34-22-18-20-24-38-82-66(78)70-68(12,44-80-36-14-2)46-84-58(74)16-4/h13-16,25-32,39-42H,1-4,17-24,33-38,43-46H2,5-12H3,(H2-,69,70,75,76,77,78). The van der Waals surface area contributed by atoms with Crippen molar-refractivity contribution in [3.8, 4) is 0 Å². The molecule has 2 atom stereocenters. The second-order valence-electron chi connectivity index (χ2n) is 22.0. The first-order valence-corrected chi connectivity index (χ1v) is 28.8. The minimum Gasteiger partial charge on any atom is -0.871 e. The normalized spacial score (nSPS) is 14.1. The lowest BCUT2D eigenvalue weighted by molar-refractivity contribution is -0.440. The number of hydrogen-bond acceptors (Lipinski definition) is 13. The maximum Gasteiger partial charge on any atom is 0.407 e. The summed E-state index contributed by atoms with van der Waals surface area (Å²) in [6.45, 7) is 32.3. The third-order valence-corrected chi connectivity index (χ3v) is 14.2. The fraction of sp³-hybridized carbons (Fsp3) is 0.412. The number of carbonyl (C=O) groups excluding carboxylic acids is 5. The Kier molecular flexibility index (Phi) is 26.0. The molecule has 0 saturated heterocycles. The van der Waals surface area contributed by atoms with E-state index in [2.05, 4.69) is 112 Å². The first-order valence-electron chi connectivity index (χ1n) is 28.8. The van der Waals surface area contributed by atoms with Crippen molar-refractivity contribution in [3.05, 3.63) is 179 Å². The van der Waals surface area contributed by atoms with Gasteiger partial charge in [0.25, 0.3) is 0 Å². The number of nitrogens with zero attached hydrogens (tertiary/aromatic N) is 2. The second-order valence-corrected chi connectivity index (χ2v) is 22.0. The van der Waals surface area contributed by atoms with E-state index in [4.69, 9.17) is 28.4 Å². The average molecular weight is 1150 g/mol. The SMILES string of the molecule is C=CCOCC(C)(COC(=O)C=C)NC(=O)OCCCCCCN(c1ccc(C2=C([O-])C(=C3C=CC(=[N+](CCCCCCOC(=O)NC(C)(COCC=C)COC(=O)C=C)c4c(C)cc(C)cc4C)C=C3)C2=O)cc1)c1c(C)cc(C)cc1C. The molecular weight excluding hydrogens is 1060 g/mol. The van der Waals surface area contributed by atoms with Crippen LogP contribution in [0.2, 0.25) is 0 Å². The number of amides is 2. The molecule has 84 heavy (non-hydrogen) atoms. The Morgan fingerprint density at radius 3 is 1.52 bits per heavy atom. The molecule has 0 radical (unpaired) electrons. The van der Waals surface area contributed by atoms with Crippen molar-refractivity contribution in [2.45, 2.75) is 118 Å². The summed E-state index contributed by atoms with van der Waals surface area (Å²) in [5.41, 5.74) is 10.4. The number of hydrogen-bond donors (Lipinski definition) is 2. The lowest BCUT2D eigenvalue weighted by Crippen LogP contribution is -2.53. The monoisotopic (exact) mass is 1150 g/mol. The molecule has 2 N–H and O–H groups in total. The quantitative estimate of drug-likeness (QED) is 0.0143. The second kappa shape index (κ2) is 32.7. The third kappa shape index (κ3) is 19.5. The molecule has 0 bridgehead atoms. The highest BCUT2D eigenvalue weighted by molar-refractivity contribution is 6.39. The topological polar surface area (TPSA) is 194 Å². The molecule has 3 aromatic rings. The Labute approximate surface area is 497 Å². The van der Waals surface area contributed by atoms with E-state index in [0.717, 1.165) is 95.7 Å². The van der Waals surface area contributed by atoms with Crippen LogP contribution in [0.5, 0.6) is 0 Å². The van der Waals surface area contributed by atoms with E-state index in [9.17, 15) is 29.1 Å². The molecule has 16 heteroatoms. The van der Waals surface area contributed by atoms with Crippen LogP contribution in [0.3, 0.4) is 0 Å². The van der Waals surface area contributed by atoms with Crippen molar-refractivity contribution in [2.24, 2.45) is 0 Å². The van der Waals surface area contributed by atoms with Gasteiger partial charge in [-0.1, -0.05) is 72.9 Å². The number of allylic oxidation sites excluding steroid dienone is 7. The van der Waals surface area contributed by atoms with E-state index in [-0.39, 0.29) is 75.5 Å². The predicted molar refractivity (Wildman–Crippen MR) is 329 cm³/mol. The lowest BCUT2D eigenvalue weighted by atomic mass is 9.80. The number of ketones is 1. The van der Waals surface area contributed by atoms with Crippen LogP contribution in [0.15, 0.2) is 140 Å².